The van der Waals surface area contributed by atoms with Crippen molar-refractivity contribution in [1.29, 1.82) is 0 Å². The number of aromatic nitrogens is 2. The first-order valence-corrected chi connectivity index (χ1v) is 12.6. The third-order valence-corrected chi connectivity index (χ3v) is 6.72. The van der Waals surface area contributed by atoms with Gasteiger partial charge in [-0.15, -0.1) is 24.8 Å². The van der Waals surface area contributed by atoms with Crippen molar-refractivity contribution >= 4 is 53.5 Å². The fourth-order valence-corrected chi connectivity index (χ4v) is 4.72. The summed E-state index contributed by atoms with van der Waals surface area (Å²) in [5, 5.41) is 0.414. The summed E-state index contributed by atoms with van der Waals surface area (Å²) in [6, 6.07) is 14.8. The second-order valence-corrected chi connectivity index (χ2v) is 9.42. The first-order valence-electron chi connectivity index (χ1n) is 12.6. The number of esters is 1. The zero-order valence-corrected chi connectivity index (χ0v) is 23.6. The number of nitrogens with zero attached hydrogens (tertiary/aromatic N) is 3. The number of amides is 1. The Balaban J connectivity index is 0.00000231. The van der Waals surface area contributed by atoms with Gasteiger partial charge in [0.1, 0.15) is 12.3 Å². The summed E-state index contributed by atoms with van der Waals surface area (Å²) in [7, 11) is 0. The molecule has 0 saturated heterocycles. The number of ether oxygens (including phenoxy) is 1. The Labute approximate surface area is 247 Å². The summed E-state index contributed by atoms with van der Waals surface area (Å²) in [5.74, 6) is -2.94. The summed E-state index contributed by atoms with van der Waals surface area (Å²) in [5.41, 5.74) is 15.1. The van der Waals surface area contributed by atoms with E-state index < -0.39 is 17.6 Å². The molecule has 0 spiro atoms. The molecule has 1 aliphatic rings. The van der Waals surface area contributed by atoms with Gasteiger partial charge in [-0.25, -0.2) is 18.7 Å². The highest BCUT2D eigenvalue weighted by molar-refractivity contribution is 6.06. The number of hydrogen-bond acceptors (Lipinski definition) is 7. The Bertz CT molecular complexity index is 1560. The maximum Gasteiger partial charge on any atom is 0.306 e. The molecule has 8 nitrogen and oxygen atoms in total. The van der Waals surface area contributed by atoms with E-state index in [0.717, 1.165) is 23.3 Å². The topological polar surface area (TPSA) is 124 Å². The Hall–Kier alpha value is -3.86. The average Bonchev–Trinajstić information content (AvgIpc) is 3.37. The van der Waals surface area contributed by atoms with Crippen LogP contribution in [0.5, 0.6) is 0 Å². The van der Waals surface area contributed by atoms with E-state index in [-0.39, 0.29) is 61.0 Å². The Kier molecular flexibility index (Phi) is 10.6. The molecule has 0 bridgehead atoms. The van der Waals surface area contributed by atoms with Crippen LogP contribution in [0.2, 0.25) is 0 Å². The number of unbranched alkanes of at least 4 members (excludes halogenated alkanes) is 1. The minimum atomic E-state index is -1.06. The van der Waals surface area contributed by atoms with Gasteiger partial charge in [-0.2, -0.15) is 0 Å². The van der Waals surface area contributed by atoms with E-state index in [4.69, 9.17) is 16.2 Å². The normalized spacial score (nSPS) is 11.9. The first-order chi connectivity index (χ1) is 18.8. The molecule has 1 aromatic heterocycles. The van der Waals surface area contributed by atoms with Crippen LogP contribution in [0.3, 0.4) is 0 Å². The van der Waals surface area contributed by atoms with Gasteiger partial charge in [0, 0.05) is 30.5 Å². The van der Waals surface area contributed by atoms with Crippen LogP contribution in [-0.4, -0.2) is 33.3 Å². The molecule has 12 heteroatoms. The molecule has 2 heterocycles. The number of anilines is 1. The predicted octanol–water partition coefficient (Wildman–Crippen LogP) is 5.33. The standard InChI is InChI=1S/C29H27F2N5O3.2ClH/c30-23-12-20(16-39-26(37)7-3-4-10-32)21(13-24(23)31)17-8-9-25-22(11-17)27(35-29(33)34-25)28(38)36-14-18-5-1-2-6-19(18)15-36;;/h1-2,5-6,8-9,11-13H,3-4,7,10,14-16,32H2,(H2,33,34,35);2*1H. The lowest BCUT2D eigenvalue weighted by Crippen LogP contribution is -2.27. The van der Waals surface area contributed by atoms with Crippen LogP contribution in [0.1, 0.15) is 46.4 Å². The van der Waals surface area contributed by atoms with Gasteiger partial charge in [-0.3, -0.25) is 9.59 Å². The summed E-state index contributed by atoms with van der Waals surface area (Å²) < 4.78 is 33.9. The lowest BCUT2D eigenvalue weighted by atomic mass is 9.97. The van der Waals surface area contributed by atoms with Crippen LogP contribution < -0.4 is 11.5 Å². The van der Waals surface area contributed by atoms with E-state index in [1.54, 1.807) is 23.1 Å². The summed E-state index contributed by atoms with van der Waals surface area (Å²) in [4.78, 5) is 35.9. The van der Waals surface area contributed by atoms with Crippen LogP contribution in [0.25, 0.3) is 22.0 Å². The second kappa shape index (κ2) is 13.7. The van der Waals surface area contributed by atoms with Crippen LogP contribution >= 0.6 is 24.8 Å². The van der Waals surface area contributed by atoms with E-state index in [0.29, 0.717) is 54.5 Å². The Morgan fingerprint density at radius 2 is 1.61 bits per heavy atom. The molecule has 0 aliphatic carbocycles. The van der Waals surface area contributed by atoms with Gasteiger partial charge in [0.05, 0.1) is 5.52 Å². The highest BCUT2D eigenvalue weighted by Gasteiger charge is 2.27. The van der Waals surface area contributed by atoms with Crippen LogP contribution in [0.4, 0.5) is 14.7 Å². The molecule has 1 amide bonds. The van der Waals surface area contributed by atoms with Gasteiger partial charge in [0.2, 0.25) is 5.95 Å². The molecule has 0 fully saturated rings. The molecule has 0 radical (unpaired) electrons. The van der Waals surface area contributed by atoms with E-state index in [9.17, 15) is 18.4 Å². The van der Waals surface area contributed by atoms with Gasteiger partial charge in [0.25, 0.3) is 5.91 Å². The molecule has 0 atom stereocenters. The minimum Gasteiger partial charge on any atom is -0.461 e. The zero-order valence-electron chi connectivity index (χ0n) is 21.9. The number of nitrogens with two attached hydrogens (primary N) is 2. The predicted molar refractivity (Wildman–Crippen MR) is 157 cm³/mol. The molecular formula is C29H29Cl2F2N5O3. The maximum atomic E-state index is 14.4. The van der Waals surface area contributed by atoms with E-state index in [1.807, 2.05) is 24.3 Å². The molecule has 3 aromatic carbocycles. The number of halogens is 4. The highest BCUT2D eigenvalue weighted by Crippen LogP contribution is 2.32. The largest absolute Gasteiger partial charge is 0.461 e. The second-order valence-electron chi connectivity index (χ2n) is 9.42. The molecule has 1 aliphatic heterocycles. The number of carbonyl (C=O) groups excluding carboxylic acids is 2. The van der Waals surface area contributed by atoms with Crippen LogP contribution in [0, 0.1) is 11.6 Å². The van der Waals surface area contributed by atoms with Crippen molar-refractivity contribution in [3.8, 4) is 11.1 Å². The van der Waals surface area contributed by atoms with Gasteiger partial charge >= 0.3 is 5.97 Å². The molecule has 4 N–H and O–H groups in total. The van der Waals surface area contributed by atoms with Crippen LogP contribution in [-0.2, 0) is 29.2 Å². The van der Waals surface area contributed by atoms with Gasteiger partial charge in [-0.05, 0) is 65.9 Å². The highest BCUT2D eigenvalue weighted by atomic mass is 35.5. The Morgan fingerprint density at radius 1 is 0.927 bits per heavy atom. The fraction of sp³-hybridized carbons (Fsp3) is 0.241. The molecular weight excluding hydrogens is 575 g/mol. The molecule has 0 saturated carbocycles. The molecule has 216 valence electrons. The van der Waals surface area contributed by atoms with Gasteiger partial charge in [-0.1, -0.05) is 30.3 Å². The Morgan fingerprint density at radius 3 is 2.29 bits per heavy atom. The van der Waals surface area contributed by atoms with E-state index in [2.05, 4.69) is 9.97 Å². The third kappa shape index (κ3) is 6.90. The number of hydrogen-bond donors (Lipinski definition) is 2. The SMILES string of the molecule is Cl.Cl.NCCCCC(=O)OCc1cc(F)c(F)cc1-c1ccc2nc(N)nc(C(=O)N3Cc4ccccc4C3)c2c1. The smallest absolute Gasteiger partial charge is 0.306 e. The lowest BCUT2D eigenvalue weighted by Gasteiger charge is -2.17. The molecule has 0 unspecified atom stereocenters. The van der Waals surface area contributed by atoms with Crippen molar-refractivity contribution in [3.05, 3.63) is 88.6 Å². The van der Waals surface area contributed by atoms with Crippen molar-refractivity contribution in [2.45, 2.75) is 39.0 Å². The third-order valence-electron chi connectivity index (χ3n) is 6.72. The summed E-state index contributed by atoms with van der Waals surface area (Å²) >= 11 is 0. The quantitative estimate of drug-likeness (QED) is 0.206. The monoisotopic (exact) mass is 603 g/mol. The number of nitrogen functional groups attached to an aromatic ring is 1. The van der Waals surface area contributed by atoms with Crippen molar-refractivity contribution < 1.29 is 23.1 Å². The lowest BCUT2D eigenvalue weighted by molar-refractivity contribution is -0.145. The van der Waals surface area contributed by atoms with Crippen molar-refractivity contribution in [2.75, 3.05) is 12.3 Å². The number of carbonyl (C=O) groups is 2. The first kappa shape index (κ1) is 31.7. The number of benzene rings is 3. The maximum absolute atomic E-state index is 14.4. The van der Waals surface area contributed by atoms with E-state index in [1.165, 1.54) is 0 Å². The minimum absolute atomic E-state index is 0. The van der Waals surface area contributed by atoms with Crippen molar-refractivity contribution in [3.63, 3.8) is 0 Å². The zero-order chi connectivity index (χ0) is 27.5. The van der Waals surface area contributed by atoms with Gasteiger partial charge < -0.3 is 21.1 Å². The van der Waals surface area contributed by atoms with Crippen molar-refractivity contribution in [1.82, 2.24) is 14.9 Å². The average molecular weight is 604 g/mol. The van der Waals surface area contributed by atoms with Crippen LogP contribution in [0.15, 0.2) is 54.6 Å². The summed E-state index contributed by atoms with van der Waals surface area (Å²) in [6.45, 7) is 1.09. The van der Waals surface area contributed by atoms with E-state index >= 15 is 0 Å². The summed E-state index contributed by atoms with van der Waals surface area (Å²) in [6.07, 6.45) is 1.43. The van der Waals surface area contributed by atoms with Gasteiger partial charge in [0.15, 0.2) is 11.6 Å². The molecule has 5 rings (SSSR count). The number of fused-ring (bicyclic) bond motifs is 2. The molecule has 41 heavy (non-hydrogen) atoms. The number of rotatable bonds is 8. The fourth-order valence-electron chi connectivity index (χ4n) is 4.72. The molecule has 4 aromatic rings. The van der Waals surface area contributed by atoms with Crippen molar-refractivity contribution in [2.24, 2.45) is 5.73 Å².